The van der Waals surface area contributed by atoms with Gasteiger partial charge < -0.3 is 150 Å². The molecule has 3 saturated heterocycles. The standard InChI is InChI=1S/C54H101N6O36P3/c1-54(31-86-25-13-40(65)59-19-7-16-56-37(62)10-4-22-89-52-49(74)46(71)43(68)34(95-52)28-92-98(79,80)81,32-87-26-14-41(66)60-20-8-17-57-38(63)11-5-23-90-53-50(75)47(72)44(69)35(96-53)29-93-99(82,83)84)30-85-24-12-39(64)58-18-6-15-55-36(61)9-2-3-21-88-51-48(73)45(70)42(67)33(94-51)27-91-97(76,77)78/h33-35,42-53,67-75H,2-32H2,1H3,(H,55,61)(H,56,62)(H,57,63)(H,58,64)(H,59,65)(H,60,66)(H2,76,77,78)(H2,79,80,81)(H2,82,83,84). The molecule has 3 fully saturated rings. The zero-order chi connectivity index (χ0) is 73.8. The SMILES string of the molecule is CC(COCCC(=O)NCCCNC(=O)CCCCOC1OC(COP(=O)(O)O)C(O)C(O)C1O)(COCCC(=O)NCCCNC(=O)CCCOC1OC(COP(=O)(O)O)C(O)C(O)C1O)COCCC(=O)NCCCNC(=O)CCCOC1OC(COP(=O)(O)O)C(O)C(O)C1O. The number of phosphoric ester groups is 3. The van der Waals surface area contributed by atoms with E-state index in [-0.39, 0.29) is 186 Å². The van der Waals surface area contributed by atoms with Gasteiger partial charge in [0.1, 0.15) is 73.2 Å². The highest BCUT2D eigenvalue weighted by atomic mass is 31.2. The van der Waals surface area contributed by atoms with Crippen molar-refractivity contribution in [1.82, 2.24) is 31.9 Å². The van der Waals surface area contributed by atoms with Gasteiger partial charge in [-0.15, -0.1) is 0 Å². The van der Waals surface area contributed by atoms with Gasteiger partial charge in [-0.25, -0.2) is 13.7 Å². The minimum absolute atomic E-state index is 0.0107. The predicted octanol–water partition coefficient (Wildman–Crippen LogP) is -7.39. The number of hydrogen-bond acceptors (Lipinski definition) is 30. The second kappa shape index (κ2) is 47.0. The summed E-state index contributed by atoms with van der Waals surface area (Å²) in [5, 5.41) is 107. The lowest BCUT2D eigenvalue weighted by Crippen LogP contribution is -2.59. The number of rotatable bonds is 52. The Bertz CT molecular complexity index is 2420. The summed E-state index contributed by atoms with van der Waals surface area (Å²) >= 11 is 0. The first-order valence-corrected chi connectivity index (χ1v) is 36.5. The summed E-state index contributed by atoms with van der Waals surface area (Å²) in [5.41, 5.74) is -0.849. The van der Waals surface area contributed by atoms with E-state index in [2.05, 4.69) is 45.5 Å². The van der Waals surface area contributed by atoms with E-state index in [0.29, 0.717) is 32.1 Å². The van der Waals surface area contributed by atoms with Crippen molar-refractivity contribution in [3.8, 4) is 0 Å². The molecule has 3 aliphatic rings. The van der Waals surface area contributed by atoms with Crippen LogP contribution in [0.25, 0.3) is 0 Å². The van der Waals surface area contributed by atoms with E-state index in [9.17, 15) is 88.4 Å². The number of ether oxygens (including phenoxy) is 9. The van der Waals surface area contributed by atoms with Gasteiger partial charge in [0.15, 0.2) is 18.9 Å². The Labute approximate surface area is 569 Å². The second-order valence-corrected chi connectivity index (χ2v) is 27.3. The Morgan fingerprint density at radius 2 is 0.576 bits per heavy atom. The van der Waals surface area contributed by atoms with Crippen LogP contribution in [0.2, 0.25) is 0 Å². The van der Waals surface area contributed by atoms with Crippen molar-refractivity contribution in [1.29, 1.82) is 0 Å². The molecule has 42 nitrogen and oxygen atoms in total. The van der Waals surface area contributed by atoms with Crippen LogP contribution in [0.5, 0.6) is 0 Å². The van der Waals surface area contributed by atoms with Crippen molar-refractivity contribution in [2.45, 2.75) is 183 Å². The molecule has 0 aromatic rings. The van der Waals surface area contributed by atoms with Gasteiger partial charge in [0.2, 0.25) is 35.4 Å². The number of carbonyl (C=O) groups is 6. The Morgan fingerprint density at radius 1 is 0.333 bits per heavy atom. The van der Waals surface area contributed by atoms with Gasteiger partial charge in [0.05, 0.1) is 72.7 Å². The van der Waals surface area contributed by atoms with Crippen LogP contribution in [-0.2, 0) is 98.7 Å². The largest absolute Gasteiger partial charge is 0.469 e. The molecule has 0 aromatic carbocycles. The topological polar surface area (TPSA) is 640 Å². The summed E-state index contributed by atoms with van der Waals surface area (Å²) in [7, 11) is -14.8. The minimum atomic E-state index is -4.93. The molecular formula is C54H101N6O36P3. The summed E-state index contributed by atoms with van der Waals surface area (Å²) in [5.74, 6) is -2.05. The second-order valence-electron chi connectivity index (χ2n) is 23.6. The summed E-state index contributed by atoms with van der Waals surface area (Å²) in [6.45, 7) is 0.336. The van der Waals surface area contributed by atoms with Gasteiger partial charge in [-0.3, -0.25) is 42.3 Å². The molecule has 0 aromatic heterocycles. The number of carbonyl (C=O) groups excluding carboxylic acids is 6. The van der Waals surface area contributed by atoms with Crippen molar-refractivity contribution in [2.24, 2.45) is 5.41 Å². The maximum Gasteiger partial charge on any atom is 0.469 e. The van der Waals surface area contributed by atoms with E-state index in [1.807, 2.05) is 0 Å². The zero-order valence-electron chi connectivity index (χ0n) is 54.7. The molecule has 0 spiro atoms. The number of hydrogen-bond donors (Lipinski definition) is 21. The average molecular weight is 1500 g/mol. The molecule has 6 amide bonds. The molecule has 0 radical (unpaired) electrons. The fraction of sp³-hybridized carbons (Fsp3) is 0.889. The molecule has 3 heterocycles. The summed E-state index contributed by atoms with van der Waals surface area (Å²) in [4.78, 5) is 129. The van der Waals surface area contributed by atoms with Gasteiger partial charge in [-0.2, -0.15) is 0 Å². The van der Waals surface area contributed by atoms with E-state index in [4.69, 9.17) is 72.0 Å². The van der Waals surface area contributed by atoms with Crippen LogP contribution in [0.15, 0.2) is 0 Å². The van der Waals surface area contributed by atoms with E-state index >= 15 is 0 Å². The lowest BCUT2D eigenvalue weighted by atomic mass is 9.94. The number of amides is 6. The van der Waals surface area contributed by atoms with Crippen LogP contribution >= 0.6 is 23.5 Å². The van der Waals surface area contributed by atoms with Crippen molar-refractivity contribution in [3.63, 3.8) is 0 Å². The Kier molecular flexibility index (Phi) is 42.6. The van der Waals surface area contributed by atoms with E-state index in [1.54, 1.807) is 6.92 Å². The third kappa shape index (κ3) is 38.7. The zero-order valence-corrected chi connectivity index (χ0v) is 57.4. The van der Waals surface area contributed by atoms with Crippen LogP contribution in [0.3, 0.4) is 0 Å². The van der Waals surface area contributed by atoms with Gasteiger partial charge in [0.25, 0.3) is 0 Å². The molecule has 99 heavy (non-hydrogen) atoms. The first-order valence-electron chi connectivity index (χ1n) is 32.0. The van der Waals surface area contributed by atoms with Crippen molar-refractivity contribution in [2.75, 3.05) is 119 Å². The molecule has 15 unspecified atom stereocenters. The van der Waals surface area contributed by atoms with E-state index in [1.165, 1.54) is 0 Å². The molecule has 21 N–H and O–H groups in total. The number of aliphatic hydroxyl groups excluding tert-OH is 9. The van der Waals surface area contributed by atoms with Gasteiger partial charge in [-0.1, -0.05) is 6.92 Å². The lowest BCUT2D eigenvalue weighted by Gasteiger charge is -2.40. The normalized spacial score (nSPS) is 26.6. The number of unbranched alkanes of at least 4 members (excludes halogenated alkanes) is 1. The number of phosphoric acid groups is 3. The van der Waals surface area contributed by atoms with Crippen LogP contribution < -0.4 is 31.9 Å². The fourth-order valence-electron chi connectivity index (χ4n) is 9.28. The molecule has 0 saturated carbocycles. The quantitative estimate of drug-likeness (QED) is 0.0199. The predicted molar refractivity (Wildman–Crippen MR) is 331 cm³/mol. The van der Waals surface area contributed by atoms with Crippen LogP contribution in [-0.4, -0.2) is 321 Å². The van der Waals surface area contributed by atoms with Crippen LogP contribution in [0.4, 0.5) is 0 Å². The van der Waals surface area contributed by atoms with E-state index in [0.717, 1.165) is 0 Å². The molecule has 578 valence electrons. The molecule has 0 aliphatic carbocycles. The fourth-order valence-corrected chi connectivity index (χ4v) is 10.3. The van der Waals surface area contributed by atoms with Crippen LogP contribution in [0.1, 0.15) is 90.4 Å². The Balaban J connectivity index is 1.34. The third-order valence-electron chi connectivity index (χ3n) is 14.7. The highest BCUT2D eigenvalue weighted by molar-refractivity contribution is 7.46. The first-order chi connectivity index (χ1) is 46.6. The minimum Gasteiger partial charge on any atom is -0.387 e. The first kappa shape index (κ1) is 89.6. The monoisotopic (exact) mass is 1500 g/mol. The lowest BCUT2D eigenvalue weighted by molar-refractivity contribution is -0.300. The summed E-state index contributed by atoms with van der Waals surface area (Å²) in [6.07, 6.45) is -22.4. The van der Waals surface area contributed by atoms with Gasteiger partial charge in [-0.05, 0) is 44.9 Å². The molecule has 3 rings (SSSR count). The maximum atomic E-state index is 12.6. The molecule has 15 atom stereocenters. The van der Waals surface area contributed by atoms with Crippen molar-refractivity contribution < 1.29 is 174 Å². The average Bonchev–Trinajstić information content (AvgIpc) is 0.831. The van der Waals surface area contributed by atoms with Crippen LogP contribution in [0, 0.1) is 5.41 Å². The Hall–Kier alpha value is -3.57. The van der Waals surface area contributed by atoms with Crippen molar-refractivity contribution in [3.05, 3.63) is 0 Å². The summed E-state index contributed by atoms with van der Waals surface area (Å²) < 4.78 is 95.8. The number of aliphatic hydroxyl groups is 9. The maximum absolute atomic E-state index is 12.6. The van der Waals surface area contributed by atoms with Gasteiger partial charge >= 0.3 is 23.5 Å². The molecule has 45 heteroatoms. The Morgan fingerprint density at radius 3 is 0.838 bits per heavy atom. The summed E-state index contributed by atoms with van der Waals surface area (Å²) in [6, 6.07) is 0. The molecule has 3 aliphatic heterocycles. The van der Waals surface area contributed by atoms with Crippen molar-refractivity contribution >= 4 is 58.9 Å². The highest BCUT2D eigenvalue weighted by Crippen LogP contribution is 2.39. The molecule has 0 bridgehead atoms. The number of nitrogens with one attached hydrogen (secondary N) is 6. The van der Waals surface area contributed by atoms with Gasteiger partial charge in [0, 0.05) is 89.8 Å². The highest BCUT2D eigenvalue weighted by Gasteiger charge is 2.48. The molecular weight excluding hydrogens is 1400 g/mol. The third-order valence-corrected chi connectivity index (χ3v) is 16.2. The van der Waals surface area contributed by atoms with E-state index < -0.39 is 141 Å². The smallest absolute Gasteiger partial charge is 0.387 e.